The van der Waals surface area contributed by atoms with Gasteiger partial charge in [-0.15, -0.1) is 0 Å². The van der Waals surface area contributed by atoms with Gasteiger partial charge in [0.25, 0.3) is 11.8 Å². The van der Waals surface area contributed by atoms with Crippen molar-refractivity contribution in [2.45, 2.75) is 52.0 Å². The molecule has 1 atom stereocenters. The Morgan fingerprint density at radius 3 is 2.00 bits per heavy atom. The van der Waals surface area contributed by atoms with E-state index in [0.29, 0.717) is 38.0 Å². The number of hydrogen-bond donors (Lipinski definition) is 5. The Morgan fingerprint density at radius 1 is 0.966 bits per heavy atom. The Morgan fingerprint density at radius 2 is 1.52 bits per heavy atom. The van der Waals surface area contributed by atoms with Crippen molar-refractivity contribution in [3.63, 3.8) is 0 Å². The number of nitrogens with one attached hydrogen (secondary N) is 3. The molecule has 1 rings (SSSR count). The number of unbranched alkanes of at least 4 members (excludes halogenated alkanes) is 2. The first-order valence-electron chi connectivity index (χ1n) is 9.72. The van der Waals surface area contributed by atoms with Gasteiger partial charge in [-0.1, -0.05) is 13.3 Å². The van der Waals surface area contributed by atoms with Gasteiger partial charge in [0, 0.05) is 36.8 Å². The molecule has 1 aromatic rings. The van der Waals surface area contributed by atoms with Gasteiger partial charge in [0.15, 0.2) is 0 Å². The third-order valence-electron chi connectivity index (χ3n) is 4.14. The van der Waals surface area contributed by atoms with Crippen molar-refractivity contribution in [2.24, 2.45) is 5.73 Å². The van der Waals surface area contributed by atoms with Crippen LogP contribution < -0.4 is 21.7 Å². The van der Waals surface area contributed by atoms with Gasteiger partial charge in [-0.05, 0) is 43.9 Å². The van der Waals surface area contributed by atoms with Crippen LogP contribution in [0.1, 0.15) is 66.7 Å². The van der Waals surface area contributed by atoms with Crippen molar-refractivity contribution in [3.8, 4) is 0 Å². The van der Waals surface area contributed by atoms with E-state index < -0.39 is 12.0 Å². The van der Waals surface area contributed by atoms with E-state index in [1.54, 1.807) is 0 Å². The normalized spacial score (nSPS) is 11.4. The van der Waals surface area contributed by atoms with E-state index in [0.717, 1.165) is 12.8 Å². The molecule has 0 fully saturated rings. The van der Waals surface area contributed by atoms with Gasteiger partial charge in [-0.2, -0.15) is 0 Å². The minimum atomic E-state index is -1.05. The van der Waals surface area contributed by atoms with Gasteiger partial charge in [0.05, 0.1) is 0 Å². The molecule has 0 aliphatic heterocycles. The zero-order valence-electron chi connectivity index (χ0n) is 16.9. The molecule has 0 saturated carbocycles. The third kappa shape index (κ3) is 9.20. The van der Waals surface area contributed by atoms with Gasteiger partial charge in [0.1, 0.15) is 6.04 Å². The van der Waals surface area contributed by atoms with E-state index in [-0.39, 0.29) is 28.8 Å². The molecule has 0 saturated heterocycles. The van der Waals surface area contributed by atoms with E-state index in [1.807, 2.05) is 6.92 Å². The van der Waals surface area contributed by atoms with E-state index in [2.05, 4.69) is 16.0 Å². The number of carboxylic acid groups (broad SMARTS) is 1. The molecular formula is C20H30N4O5. The molecule has 6 N–H and O–H groups in total. The summed E-state index contributed by atoms with van der Waals surface area (Å²) in [5.74, 6) is -2.06. The lowest BCUT2D eigenvalue weighted by Gasteiger charge is -2.11. The summed E-state index contributed by atoms with van der Waals surface area (Å²) in [6.45, 7) is 4.23. The monoisotopic (exact) mass is 406 g/mol. The fourth-order valence-electron chi connectivity index (χ4n) is 2.56. The predicted molar refractivity (Wildman–Crippen MR) is 110 cm³/mol. The number of carboxylic acids is 1. The first kappa shape index (κ1) is 24.1. The number of benzene rings is 1. The van der Waals surface area contributed by atoms with Crippen LogP contribution in [0.2, 0.25) is 0 Å². The first-order valence-corrected chi connectivity index (χ1v) is 9.72. The van der Waals surface area contributed by atoms with Gasteiger partial charge in [-0.3, -0.25) is 19.2 Å². The molecule has 9 nitrogen and oxygen atoms in total. The smallest absolute Gasteiger partial charge is 0.320 e. The van der Waals surface area contributed by atoms with E-state index >= 15 is 0 Å². The molecule has 0 bridgehead atoms. The highest BCUT2D eigenvalue weighted by atomic mass is 16.4. The van der Waals surface area contributed by atoms with E-state index in [9.17, 15) is 19.2 Å². The number of carbonyl (C=O) groups excluding carboxylic acids is 3. The molecule has 0 aliphatic carbocycles. The molecule has 0 heterocycles. The highest BCUT2D eigenvalue weighted by Gasteiger charge is 2.14. The maximum Gasteiger partial charge on any atom is 0.320 e. The molecule has 0 aliphatic rings. The topological polar surface area (TPSA) is 151 Å². The minimum absolute atomic E-state index is 0.249. The molecule has 3 amide bonds. The molecule has 0 spiro atoms. The molecule has 29 heavy (non-hydrogen) atoms. The van der Waals surface area contributed by atoms with Gasteiger partial charge in [-0.25, -0.2) is 0 Å². The van der Waals surface area contributed by atoms with Crippen molar-refractivity contribution >= 4 is 29.4 Å². The number of nitrogens with two attached hydrogens (primary N) is 1. The Hall–Kier alpha value is -2.94. The number of anilines is 1. The average Bonchev–Trinajstić information content (AvgIpc) is 2.66. The van der Waals surface area contributed by atoms with Gasteiger partial charge < -0.3 is 26.8 Å². The van der Waals surface area contributed by atoms with Crippen LogP contribution in [0.4, 0.5) is 5.69 Å². The molecule has 0 unspecified atom stereocenters. The Balaban J connectivity index is 2.75. The van der Waals surface area contributed by atoms with Crippen molar-refractivity contribution in [1.29, 1.82) is 0 Å². The van der Waals surface area contributed by atoms with Crippen molar-refractivity contribution in [2.75, 3.05) is 18.4 Å². The van der Waals surface area contributed by atoms with Crippen LogP contribution in [0.3, 0.4) is 0 Å². The number of aliphatic carboxylic acids is 1. The van der Waals surface area contributed by atoms with Gasteiger partial charge in [0.2, 0.25) is 5.91 Å². The second-order valence-corrected chi connectivity index (χ2v) is 6.79. The number of hydrogen-bond acceptors (Lipinski definition) is 5. The quantitative estimate of drug-likeness (QED) is 0.332. The fraction of sp³-hybridized carbons (Fsp3) is 0.500. The van der Waals surface area contributed by atoms with Crippen LogP contribution in [0.15, 0.2) is 18.2 Å². The molecule has 0 radical (unpaired) electrons. The first-order chi connectivity index (χ1) is 13.7. The zero-order chi connectivity index (χ0) is 21.8. The summed E-state index contributed by atoms with van der Waals surface area (Å²) in [6.07, 6.45) is 3.24. The number of amides is 3. The van der Waals surface area contributed by atoms with Crippen LogP contribution in [0, 0.1) is 0 Å². The Kier molecular flexibility index (Phi) is 10.4. The lowest BCUT2D eigenvalue weighted by atomic mass is 10.1. The lowest BCUT2D eigenvalue weighted by Crippen LogP contribution is -2.30. The van der Waals surface area contributed by atoms with Crippen LogP contribution in [0.5, 0.6) is 0 Å². The second kappa shape index (κ2) is 12.5. The summed E-state index contributed by atoms with van der Waals surface area (Å²) in [5.41, 5.74) is 6.33. The number of rotatable bonds is 12. The summed E-state index contributed by atoms with van der Waals surface area (Å²) in [4.78, 5) is 46.8. The number of carbonyl (C=O) groups is 4. The molecule has 0 aromatic heterocycles. The summed E-state index contributed by atoms with van der Waals surface area (Å²) in [7, 11) is 0. The largest absolute Gasteiger partial charge is 0.480 e. The van der Waals surface area contributed by atoms with E-state index in [1.165, 1.54) is 25.1 Å². The second-order valence-electron chi connectivity index (χ2n) is 6.79. The fourth-order valence-corrected chi connectivity index (χ4v) is 2.56. The van der Waals surface area contributed by atoms with Gasteiger partial charge >= 0.3 is 5.97 Å². The summed E-state index contributed by atoms with van der Waals surface area (Å²) in [6, 6.07) is 3.59. The molecule has 9 heteroatoms. The van der Waals surface area contributed by atoms with Crippen molar-refractivity contribution in [3.05, 3.63) is 29.3 Å². The Labute approximate surface area is 170 Å². The van der Waals surface area contributed by atoms with Crippen molar-refractivity contribution in [1.82, 2.24) is 10.6 Å². The predicted octanol–water partition coefficient (Wildman–Crippen LogP) is 1.49. The van der Waals surface area contributed by atoms with E-state index in [4.69, 9.17) is 10.8 Å². The SMILES string of the molecule is CCCCNC(=O)c1cc(NC(C)=O)cc(C(=O)NCCCC[C@H](N)C(=O)O)c1. The zero-order valence-corrected chi connectivity index (χ0v) is 16.9. The molecular weight excluding hydrogens is 376 g/mol. The minimum Gasteiger partial charge on any atom is -0.480 e. The average molecular weight is 406 g/mol. The maximum atomic E-state index is 12.4. The highest BCUT2D eigenvalue weighted by Crippen LogP contribution is 2.16. The summed E-state index contributed by atoms with van der Waals surface area (Å²) < 4.78 is 0. The van der Waals surface area contributed by atoms with Crippen LogP contribution >= 0.6 is 0 Å². The summed E-state index contributed by atoms with van der Waals surface area (Å²) in [5, 5.41) is 16.9. The lowest BCUT2D eigenvalue weighted by molar-refractivity contribution is -0.138. The molecule has 1 aromatic carbocycles. The highest BCUT2D eigenvalue weighted by molar-refractivity contribution is 6.02. The standard InChI is InChI=1S/C20H30N4O5/c1-3-4-8-22-18(26)14-10-15(12-16(11-14)24-13(2)25)19(27)23-9-6-5-7-17(21)20(28)29/h10-12,17H,3-9,21H2,1-2H3,(H,22,26)(H,23,27)(H,24,25)(H,28,29)/t17-/m0/s1. The third-order valence-corrected chi connectivity index (χ3v) is 4.14. The maximum absolute atomic E-state index is 12.4. The van der Waals surface area contributed by atoms with Crippen LogP contribution in [-0.2, 0) is 9.59 Å². The van der Waals surface area contributed by atoms with Crippen molar-refractivity contribution < 1.29 is 24.3 Å². The van der Waals surface area contributed by atoms with Crippen LogP contribution in [-0.4, -0.2) is 47.9 Å². The summed E-state index contributed by atoms with van der Waals surface area (Å²) >= 11 is 0. The molecule has 160 valence electrons. The van der Waals surface area contributed by atoms with Crippen LogP contribution in [0.25, 0.3) is 0 Å². The Bertz CT molecular complexity index is 736.